The van der Waals surface area contributed by atoms with Crippen LogP contribution in [0.1, 0.15) is 69.0 Å². The number of ketones is 1. The van der Waals surface area contributed by atoms with Gasteiger partial charge in [-0.2, -0.15) is 0 Å². The number of esters is 1. The van der Waals surface area contributed by atoms with Crippen molar-refractivity contribution in [1.29, 1.82) is 0 Å². The van der Waals surface area contributed by atoms with Gasteiger partial charge in [-0.05, 0) is 60.8 Å². The third-order valence-electron chi connectivity index (χ3n) is 5.34. The van der Waals surface area contributed by atoms with Crippen molar-refractivity contribution < 1.29 is 27.8 Å². The number of nitrogens with zero attached hydrogens (tertiary/aromatic N) is 1. The van der Waals surface area contributed by atoms with E-state index in [1.807, 2.05) is 0 Å². The molecular formula is C24H22FNO5S. The van der Waals surface area contributed by atoms with Crippen molar-refractivity contribution in [2.75, 3.05) is 12.9 Å². The molecule has 1 aromatic heterocycles. The SMILES string of the molecule is CCOC(=O)c1noc(C2CC2)c1C(=O)c1ccc(F)cc1Cc1ccccc1[S+](C)[O-]. The van der Waals surface area contributed by atoms with Crippen LogP contribution in [0.4, 0.5) is 4.39 Å². The molecule has 1 aliphatic rings. The maximum Gasteiger partial charge on any atom is 0.361 e. The molecule has 1 fully saturated rings. The Labute approximate surface area is 187 Å². The van der Waals surface area contributed by atoms with Gasteiger partial charge in [0.2, 0.25) is 5.69 Å². The molecule has 6 nitrogen and oxygen atoms in total. The Morgan fingerprint density at radius 3 is 2.66 bits per heavy atom. The average molecular weight is 456 g/mol. The standard InChI is InChI=1S/C24H22FNO5S/c1-3-30-24(28)21-20(23(31-26-21)14-8-9-14)22(27)18-11-10-17(25)13-16(18)12-15-6-4-5-7-19(15)32(2)29/h4-7,10-11,13-14H,3,8-9,12H2,1-2H3. The van der Waals surface area contributed by atoms with Gasteiger partial charge >= 0.3 is 5.97 Å². The molecule has 0 bridgehead atoms. The maximum atomic E-state index is 14.2. The number of hydrogen-bond acceptors (Lipinski definition) is 6. The zero-order valence-electron chi connectivity index (χ0n) is 17.7. The van der Waals surface area contributed by atoms with Gasteiger partial charge in [-0.25, -0.2) is 9.18 Å². The van der Waals surface area contributed by atoms with Crippen molar-refractivity contribution >= 4 is 22.9 Å². The van der Waals surface area contributed by atoms with E-state index in [2.05, 4.69) is 5.16 Å². The molecule has 8 heteroatoms. The minimum Gasteiger partial charge on any atom is -0.612 e. The fourth-order valence-electron chi connectivity index (χ4n) is 3.69. The van der Waals surface area contributed by atoms with Gasteiger partial charge in [0, 0.05) is 23.5 Å². The van der Waals surface area contributed by atoms with E-state index in [9.17, 15) is 18.5 Å². The largest absolute Gasteiger partial charge is 0.612 e. The number of benzene rings is 2. The highest BCUT2D eigenvalue weighted by atomic mass is 32.2. The lowest BCUT2D eigenvalue weighted by Crippen LogP contribution is -2.15. The van der Waals surface area contributed by atoms with E-state index in [0.29, 0.717) is 16.2 Å². The fraction of sp³-hybridized carbons (Fsp3) is 0.292. The Hall–Kier alpha value is -2.97. The van der Waals surface area contributed by atoms with Gasteiger partial charge in [0.05, 0.1) is 6.61 Å². The van der Waals surface area contributed by atoms with E-state index < -0.39 is 28.7 Å². The van der Waals surface area contributed by atoms with E-state index in [-0.39, 0.29) is 35.8 Å². The van der Waals surface area contributed by atoms with Gasteiger partial charge in [-0.15, -0.1) is 0 Å². The normalized spacial score (nSPS) is 14.2. The predicted molar refractivity (Wildman–Crippen MR) is 116 cm³/mol. The molecule has 166 valence electrons. The Morgan fingerprint density at radius 2 is 1.97 bits per heavy atom. The summed E-state index contributed by atoms with van der Waals surface area (Å²) < 4.78 is 36.7. The van der Waals surface area contributed by atoms with E-state index in [1.165, 1.54) is 18.2 Å². The van der Waals surface area contributed by atoms with Crippen LogP contribution in [-0.4, -0.2) is 34.3 Å². The van der Waals surface area contributed by atoms with Gasteiger partial charge in [-0.1, -0.05) is 23.4 Å². The van der Waals surface area contributed by atoms with E-state index in [4.69, 9.17) is 9.26 Å². The summed E-state index contributed by atoms with van der Waals surface area (Å²) in [6.07, 6.45) is 3.45. The van der Waals surface area contributed by atoms with Crippen molar-refractivity contribution in [3.05, 3.63) is 82.0 Å². The molecule has 1 heterocycles. The van der Waals surface area contributed by atoms with Crippen LogP contribution in [0.15, 0.2) is 51.9 Å². The monoisotopic (exact) mass is 455 g/mol. The molecule has 0 amide bonds. The summed E-state index contributed by atoms with van der Waals surface area (Å²) in [6.45, 7) is 1.79. The van der Waals surface area contributed by atoms with Crippen molar-refractivity contribution in [3.63, 3.8) is 0 Å². The first kappa shape index (κ1) is 22.2. The molecule has 0 radical (unpaired) electrons. The molecule has 0 N–H and O–H groups in total. The summed E-state index contributed by atoms with van der Waals surface area (Å²) in [4.78, 5) is 26.7. The lowest BCUT2D eigenvalue weighted by Gasteiger charge is -2.13. The van der Waals surface area contributed by atoms with Crippen LogP contribution in [0.5, 0.6) is 0 Å². The zero-order valence-corrected chi connectivity index (χ0v) is 18.5. The van der Waals surface area contributed by atoms with Crippen LogP contribution in [0, 0.1) is 5.82 Å². The zero-order chi connectivity index (χ0) is 22.8. The molecule has 1 unspecified atom stereocenters. The first-order valence-electron chi connectivity index (χ1n) is 10.3. The molecular weight excluding hydrogens is 433 g/mol. The first-order valence-corrected chi connectivity index (χ1v) is 11.9. The van der Waals surface area contributed by atoms with Gasteiger partial charge in [-0.3, -0.25) is 4.79 Å². The molecule has 1 aliphatic carbocycles. The second-order valence-electron chi connectivity index (χ2n) is 7.63. The van der Waals surface area contributed by atoms with Crippen molar-refractivity contribution in [2.45, 2.75) is 37.0 Å². The Balaban J connectivity index is 1.78. The van der Waals surface area contributed by atoms with Gasteiger partial charge in [0.1, 0.15) is 17.6 Å². The molecule has 4 rings (SSSR count). The molecule has 2 aromatic carbocycles. The quantitative estimate of drug-likeness (QED) is 0.284. The van der Waals surface area contributed by atoms with Crippen LogP contribution in [-0.2, 0) is 22.3 Å². The number of hydrogen-bond donors (Lipinski definition) is 0. The summed E-state index contributed by atoms with van der Waals surface area (Å²) >= 11 is -1.25. The van der Waals surface area contributed by atoms with Crippen LogP contribution >= 0.6 is 0 Å². The maximum absolute atomic E-state index is 14.2. The Bertz CT molecular complexity index is 1170. The highest BCUT2D eigenvalue weighted by molar-refractivity contribution is 7.90. The molecule has 0 spiro atoms. The summed E-state index contributed by atoms with van der Waals surface area (Å²) in [6, 6.07) is 11.0. The summed E-state index contributed by atoms with van der Waals surface area (Å²) in [5.41, 5.74) is 1.30. The number of carbonyl (C=O) groups excluding carboxylic acids is 2. The average Bonchev–Trinajstić information content (AvgIpc) is 3.51. The van der Waals surface area contributed by atoms with Crippen molar-refractivity contribution in [1.82, 2.24) is 5.16 Å². The second kappa shape index (κ2) is 9.26. The molecule has 0 aliphatic heterocycles. The minimum absolute atomic E-state index is 0.0248. The van der Waals surface area contributed by atoms with Gasteiger partial charge in [0.25, 0.3) is 0 Å². The third-order valence-corrected chi connectivity index (χ3v) is 6.36. The van der Waals surface area contributed by atoms with Crippen LogP contribution in [0.25, 0.3) is 0 Å². The minimum atomic E-state index is -1.25. The summed E-state index contributed by atoms with van der Waals surface area (Å²) in [5.74, 6) is -1.31. The highest BCUT2D eigenvalue weighted by Gasteiger charge is 2.38. The van der Waals surface area contributed by atoms with E-state index in [1.54, 1.807) is 37.4 Å². The topological polar surface area (TPSA) is 92.5 Å². The van der Waals surface area contributed by atoms with E-state index in [0.717, 1.165) is 18.4 Å². The van der Waals surface area contributed by atoms with Crippen LogP contribution in [0.3, 0.4) is 0 Å². The molecule has 0 saturated heterocycles. The second-order valence-corrected chi connectivity index (χ2v) is 8.98. The molecule has 1 saturated carbocycles. The lowest BCUT2D eigenvalue weighted by molar-refractivity contribution is 0.0512. The number of halogens is 1. The van der Waals surface area contributed by atoms with Crippen molar-refractivity contribution in [2.24, 2.45) is 0 Å². The molecule has 32 heavy (non-hydrogen) atoms. The highest BCUT2D eigenvalue weighted by Crippen LogP contribution is 2.43. The summed E-state index contributed by atoms with van der Waals surface area (Å²) in [7, 11) is 0. The molecule has 3 aromatic rings. The summed E-state index contributed by atoms with van der Waals surface area (Å²) in [5, 5.41) is 3.83. The third kappa shape index (κ3) is 4.47. The van der Waals surface area contributed by atoms with Gasteiger partial charge < -0.3 is 13.8 Å². The van der Waals surface area contributed by atoms with Crippen LogP contribution < -0.4 is 0 Å². The molecule has 1 atom stereocenters. The number of ether oxygens (including phenoxy) is 1. The lowest BCUT2D eigenvalue weighted by atomic mass is 9.92. The Morgan fingerprint density at radius 1 is 1.22 bits per heavy atom. The smallest absolute Gasteiger partial charge is 0.361 e. The van der Waals surface area contributed by atoms with Crippen LogP contribution in [0.2, 0.25) is 0 Å². The van der Waals surface area contributed by atoms with Gasteiger partial charge in [0.15, 0.2) is 16.4 Å². The van der Waals surface area contributed by atoms with Crippen molar-refractivity contribution in [3.8, 4) is 0 Å². The Kier molecular flexibility index (Phi) is 6.43. The van der Waals surface area contributed by atoms with E-state index >= 15 is 0 Å². The fourth-order valence-corrected chi connectivity index (χ4v) is 4.47. The number of carbonyl (C=O) groups is 2. The first-order chi connectivity index (χ1) is 15.4. The predicted octanol–water partition coefficient (Wildman–Crippen LogP) is 4.43. The number of rotatable bonds is 8. The number of aromatic nitrogens is 1.